The van der Waals surface area contributed by atoms with Crippen LogP contribution in [0, 0.1) is 0 Å². The summed E-state index contributed by atoms with van der Waals surface area (Å²) in [5.74, 6) is -0.731. The average molecular weight is 314 g/mol. The number of imide groups is 1. The van der Waals surface area contributed by atoms with Crippen molar-refractivity contribution in [3.8, 4) is 0 Å². The number of benzene rings is 1. The number of fused-ring (bicyclic) bond motifs is 1. The van der Waals surface area contributed by atoms with Crippen LogP contribution < -0.4 is 5.32 Å². The molecule has 1 saturated heterocycles. The van der Waals surface area contributed by atoms with E-state index in [1.807, 2.05) is 12.1 Å². The maximum Gasteiger partial charge on any atom is 0.255 e. The molecule has 1 unspecified atom stereocenters. The molecule has 1 N–H and O–H groups in total. The molecule has 2 aliphatic rings. The molecular formula is C18H22N2O3. The monoisotopic (exact) mass is 314 g/mol. The van der Waals surface area contributed by atoms with E-state index in [-0.39, 0.29) is 29.6 Å². The summed E-state index contributed by atoms with van der Waals surface area (Å²) in [5.41, 5.74) is 2.86. The predicted octanol–water partition coefficient (Wildman–Crippen LogP) is 2.14. The van der Waals surface area contributed by atoms with Crippen LogP contribution in [0.1, 0.15) is 61.5 Å². The topological polar surface area (TPSA) is 66.5 Å². The van der Waals surface area contributed by atoms with Crippen LogP contribution in [-0.4, -0.2) is 28.7 Å². The maximum atomic E-state index is 12.8. The van der Waals surface area contributed by atoms with Gasteiger partial charge in [0.25, 0.3) is 5.91 Å². The van der Waals surface area contributed by atoms with Crippen molar-refractivity contribution < 1.29 is 14.4 Å². The average Bonchev–Trinajstić information content (AvgIpc) is 2.84. The minimum atomic E-state index is -0.551. The van der Waals surface area contributed by atoms with Crippen LogP contribution >= 0.6 is 0 Å². The molecule has 0 aromatic heterocycles. The van der Waals surface area contributed by atoms with Gasteiger partial charge in [0.15, 0.2) is 0 Å². The van der Waals surface area contributed by atoms with Gasteiger partial charge in [0.1, 0.15) is 6.04 Å². The van der Waals surface area contributed by atoms with Crippen molar-refractivity contribution in [3.05, 3.63) is 34.9 Å². The van der Waals surface area contributed by atoms with E-state index in [4.69, 9.17) is 0 Å². The second-order valence-electron chi connectivity index (χ2n) is 6.97. The molecule has 1 aromatic rings. The normalized spacial score (nSPS) is 21.4. The van der Waals surface area contributed by atoms with Crippen LogP contribution in [0.4, 0.5) is 0 Å². The Morgan fingerprint density at radius 3 is 2.65 bits per heavy atom. The fourth-order valence-corrected chi connectivity index (χ4v) is 3.41. The number of carbonyl (C=O) groups excluding carboxylic acids is 3. The zero-order valence-corrected chi connectivity index (χ0v) is 13.8. The van der Waals surface area contributed by atoms with Crippen molar-refractivity contribution in [2.45, 2.75) is 58.0 Å². The van der Waals surface area contributed by atoms with Crippen molar-refractivity contribution >= 4 is 17.7 Å². The number of nitrogens with zero attached hydrogens (tertiary/aromatic N) is 1. The van der Waals surface area contributed by atoms with E-state index in [2.05, 4.69) is 32.2 Å². The molecule has 1 atom stereocenters. The van der Waals surface area contributed by atoms with E-state index < -0.39 is 6.04 Å². The third-order valence-corrected chi connectivity index (χ3v) is 5.20. The minimum absolute atomic E-state index is 0.0214. The van der Waals surface area contributed by atoms with Gasteiger partial charge in [-0.15, -0.1) is 0 Å². The van der Waals surface area contributed by atoms with E-state index in [0.29, 0.717) is 18.5 Å². The van der Waals surface area contributed by atoms with Gasteiger partial charge in [0.05, 0.1) is 0 Å². The molecule has 0 aliphatic carbocycles. The number of hydrogen-bond donors (Lipinski definition) is 1. The molecule has 122 valence electrons. The standard InChI is InChI=1S/C18H22N2O3/c1-4-18(2,3)13-7-5-6-11-12(13)10-20(17(11)23)14-8-9-15(21)19-16(14)22/h5-7,14H,4,8-10H2,1-3H3,(H,19,21,22). The summed E-state index contributed by atoms with van der Waals surface area (Å²) in [7, 11) is 0. The smallest absolute Gasteiger partial charge is 0.255 e. The number of hydrogen-bond acceptors (Lipinski definition) is 3. The molecule has 23 heavy (non-hydrogen) atoms. The lowest BCUT2D eigenvalue weighted by atomic mass is 9.79. The quantitative estimate of drug-likeness (QED) is 0.869. The Kier molecular flexibility index (Phi) is 3.74. The van der Waals surface area contributed by atoms with Gasteiger partial charge in [0, 0.05) is 18.5 Å². The summed E-state index contributed by atoms with van der Waals surface area (Å²) in [6.07, 6.45) is 1.65. The van der Waals surface area contributed by atoms with Crippen molar-refractivity contribution in [3.63, 3.8) is 0 Å². The van der Waals surface area contributed by atoms with Gasteiger partial charge in [-0.1, -0.05) is 32.9 Å². The number of amides is 3. The van der Waals surface area contributed by atoms with Crippen LogP contribution in [0.3, 0.4) is 0 Å². The van der Waals surface area contributed by atoms with Gasteiger partial charge in [-0.2, -0.15) is 0 Å². The van der Waals surface area contributed by atoms with Crippen LogP contribution in [0.2, 0.25) is 0 Å². The zero-order chi connectivity index (χ0) is 16.8. The number of rotatable bonds is 3. The molecule has 1 aromatic carbocycles. The fraction of sp³-hybridized carbons (Fsp3) is 0.500. The number of piperidine rings is 1. The third-order valence-electron chi connectivity index (χ3n) is 5.20. The van der Waals surface area contributed by atoms with Gasteiger partial charge < -0.3 is 4.90 Å². The fourth-order valence-electron chi connectivity index (χ4n) is 3.41. The van der Waals surface area contributed by atoms with E-state index in [9.17, 15) is 14.4 Å². The molecule has 2 aliphatic heterocycles. The lowest BCUT2D eigenvalue weighted by molar-refractivity contribution is -0.136. The van der Waals surface area contributed by atoms with E-state index in [1.165, 1.54) is 5.56 Å². The second kappa shape index (κ2) is 5.48. The van der Waals surface area contributed by atoms with Gasteiger partial charge in [0.2, 0.25) is 11.8 Å². The second-order valence-corrected chi connectivity index (χ2v) is 6.97. The molecule has 1 fully saturated rings. The van der Waals surface area contributed by atoms with E-state index in [1.54, 1.807) is 4.90 Å². The van der Waals surface area contributed by atoms with Crippen LogP contribution in [0.5, 0.6) is 0 Å². The van der Waals surface area contributed by atoms with Gasteiger partial charge in [-0.25, -0.2) is 0 Å². The molecule has 5 nitrogen and oxygen atoms in total. The number of nitrogens with one attached hydrogen (secondary N) is 1. The van der Waals surface area contributed by atoms with Crippen molar-refractivity contribution in [1.82, 2.24) is 10.2 Å². The number of carbonyl (C=O) groups is 3. The molecule has 5 heteroatoms. The Morgan fingerprint density at radius 2 is 2.00 bits per heavy atom. The van der Waals surface area contributed by atoms with Crippen LogP contribution in [0.15, 0.2) is 18.2 Å². The molecule has 3 amide bonds. The van der Waals surface area contributed by atoms with Crippen LogP contribution in [-0.2, 0) is 21.5 Å². The summed E-state index contributed by atoms with van der Waals surface area (Å²) in [5, 5.41) is 2.34. The summed E-state index contributed by atoms with van der Waals surface area (Å²) >= 11 is 0. The van der Waals surface area contributed by atoms with Gasteiger partial charge >= 0.3 is 0 Å². The van der Waals surface area contributed by atoms with Gasteiger partial charge in [-0.3, -0.25) is 19.7 Å². The highest BCUT2D eigenvalue weighted by Crippen LogP contribution is 2.36. The van der Waals surface area contributed by atoms with Crippen molar-refractivity contribution in [2.24, 2.45) is 0 Å². The SMILES string of the molecule is CCC(C)(C)c1cccc2c1CN(C1CCC(=O)NC1=O)C2=O. The highest BCUT2D eigenvalue weighted by atomic mass is 16.2. The van der Waals surface area contributed by atoms with E-state index in [0.717, 1.165) is 12.0 Å². The maximum absolute atomic E-state index is 12.8. The summed E-state index contributed by atoms with van der Waals surface area (Å²) < 4.78 is 0. The molecule has 3 rings (SSSR count). The Balaban J connectivity index is 1.95. The third kappa shape index (κ3) is 2.54. The molecule has 0 spiro atoms. The first-order valence-corrected chi connectivity index (χ1v) is 8.12. The Bertz CT molecular complexity index is 694. The highest BCUT2D eigenvalue weighted by Gasteiger charge is 2.40. The Labute approximate surface area is 136 Å². The molecule has 0 radical (unpaired) electrons. The first-order chi connectivity index (χ1) is 10.8. The first-order valence-electron chi connectivity index (χ1n) is 8.12. The Hall–Kier alpha value is -2.17. The summed E-state index contributed by atoms with van der Waals surface area (Å²) in [6.45, 7) is 6.91. The minimum Gasteiger partial charge on any atom is -0.322 e. The van der Waals surface area contributed by atoms with Gasteiger partial charge in [-0.05, 0) is 35.4 Å². The van der Waals surface area contributed by atoms with Crippen molar-refractivity contribution in [2.75, 3.05) is 0 Å². The molecular weight excluding hydrogens is 292 g/mol. The molecule has 2 heterocycles. The summed E-state index contributed by atoms with van der Waals surface area (Å²) in [4.78, 5) is 37.8. The van der Waals surface area contributed by atoms with Crippen molar-refractivity contribution in [1.29, 1.82) is 0 Å². The predicted molar refractivity (Wildman–Crippen MR) is 85.8 cm³/mol. The zero-order valence-electron chi connectivity index (χ0n) is 13.8. The highest BCUT2D eigenvalue weighted by molar-refractivity contribution is 6.05. The first kappa shape index (κ1) is 15.7. The molecule has 0 saturated carbocycles. The van der Waals surface area contributed by atoms with Crippen LogP contribution in [0.25, 0.3) is 0 Å². The molecule has 0 bridgehead atoms. The largest absolute Gasteiger partial charge is 0.322 e. The lowest BCUT2D eigenvalue weighted by Crippen LogP contribution is -2.52. The summed E-state index contributed by atoms with van der Waals surface area (Å²) in [6, 6.07) is 5.27. The van der Waals surface area contributed by atoms with E-state index >= 15 is 0 Å². The lowest BCUT2D eigenvalue weighted by Gasteiger charge is -2.30. The Morgan fingerprint density at radius 1 is 1.26 bits per heavy atom.